The van der Waals surface area contributed by atoms with Gasteiger partial charge in [-0.1, -0.05) is 11.6 Å². The molecule has 27 heavy (non-hydrogen) atoms. The summed E-state index contributed by atoms with van der Waals surface area (Å²) in [5.41, 5.74) is -0.731. The van der Waals surface area contributed by atoms with Crippen LogP contribution in [0.3, 0.4) is 0 Å². The number of anilines is 2. The minimum atomic E-state index is -4.64. The maximum absolute atomic E-state index is 13.1. The topological polar surface area (TPSA) is 58.2 Å². The van der Waals surface area contributed by atoms with Crippen LogP contribution in [-0.4, -0.2) is 17.1 Å². The molecule has 0 bridgehead atoms. The molecule has 0 unspecified atom stereocenters. The third-order valence-corrected chi connectivity index (χ3v) is 4.75. The molecule has 0 aromatic heterocycles. The molecule has 0 heterocycles. The number of thioether (sulfide) groups is 1. The minimum Gasteiger partial charge on any atom is -0.326 e. The second-order valence-electron chi connectivity index (χ2n) is 5.64. The molecule has 0 aliphatic rings. The number of hydrogen-bond acceptors (Lipinski definition) is 3. The van der Waals surface area contributed by atoms with Gasteiger partial charge in [-0.2, -0.15) is 13.2 Å². The first kappa shape index (κ1) is 21.1. The zero-order chi connectivity index (χ0) is 20.2. The van der Waals surface area contributed by atoms with E-state index in [1.165, 1.54) is 24.8 Å². The Bertz CT molecular complexity index is 841. The highest BCUT2D eigenvalue weighted by Crippen LogP contribution is 2.37. The van der Waals surface area contributed by atoms with Crippen molar-refractivity contribution in [1.82, 2.24) is 0 Å². The Labute approximate surface area is 163 Å². The molecule has 2 aromatic rings. The first-order valence-electron chi connectivity index (χ1n) is 7.78. The number of alkyl halides is 3. The summed E-state index contributed by atoms with van der Waals surface area (Å²) in [5, 5.41) is 4.21. The van der Waals surface area contributed by atoms with Gasteiger partial charge < -0.3 is 10.6 Å². The maximum Gasteiger partial charge on any atom is 0.418 e. The lowest BCUT2D eigenvalue weighted by molar-refractivity contribution is -0.137. The van der Waals surface area contributed by atoms with Gasteiger partial charge in [-0.25, -0.2) is 0 Å². The highest BCUT2D eigenvalue weighted by molar-refractivity contribution is 8.00. The van der Waals surface area contributed by atoms with E-state index in [-0.39, 0.29) is 16.6 Å². The Kier molecular flexibility index (Phi) is 6.78. The van der Waals surface area contributed by atoms with Crippen molar-refractivity contribution in [3.8, 4) is 0 Å². The van der Waals surface area contributed by atoms with Crippen molar-refractivity contribution in [2.75, 3.05) is 10.6 Å². The van der Waals surface area contributed by atoms with E-state index in [0.29, 0.717) is 5.69 Å². The van der Waals surface area contributed by atoms with Crippen molar-refractivity contribution < 1.29 is 22.8 Å². The standard InChI is InChI=1S/C18H16ClF3N2O2S/c1-10(27-14-6-4-13(5-7-14)23-11(2)25)17(26)24-16-8-3-12(19)9-15(16)18(20,21)22/h3-10H,1-2H3,(H,23,25)(H,24,26)/t10-/m0/s1. The number of nitrogens with one attached hydrogen (secondary N) is 2. The van der Waals surface area contributed by atoms with Crippen molar-refractivity contribution in [2.45, 2.75) is 30.2 Å². The molecule has 0 aliphatic carbocycles. The predicted octanol–water partition coefficient (Wildman–Crippen LogP) is 5.44. The van der Waals surface area contributed by atoms with Crippen LogP contribution in [0.5, 0.6) is 0 Å². The van der Waals surface area contributed by atoms with Crippen molar-refractivity contribution in [3.63, 3.8) is 0 Å². The fourth-order valence-corrected chi connectivity index (χ4v) is 3.21. The molecule has 1 atom stereocenters. The van der Waals surface area contributed by atoms with E-state index >= 15 is 0 Å². The van der Waals surface area contributed by atoms with Gasteiger partial charge in [0.05, 0.1) is 16.5 Å². The van der Waals surface area contributed by atoms with E-state index in [4.69, 9.17) is 11.6 Å². The Balaban J connectivity index is 2.07. The molecule has 2 rings (SSSR count). The molecule has 0 saturated heterocycles. The van der Waals surface area contributed by atoms with Gasteiger partial charge in [0.1, 0.15) is 0 Å². The molecule has 0 aliphatic heterocycles. The maximum atomic E-state index is 13.1. The number of benzene rings is 2. The fraction of sp³-hybridized carbons (Fsp3) is 0.222. The van der Waals surface area contributed by atoms with E-state index in [9.17, 15) is 22.8 Å². The summed E-state index contributed by atoms with van der Waals surface area (Å²) in [5.74, 6) is -0.773. The number of carbonyl (C=O) groups excluding carboxylic acids is 2. The van der Waals surface area contributed by atoms with Gasteiger partial charge in [-0.3, -0.25) is 9.59 Å². The molecule has 0 saturated carbocycles. The monoisotopic (exact) mass is 416 g/mol. The van der Waals surface area contributed by atoms with Crippen LogP contribution in [0.25, 0.3) is 0 Å². The van der Waals surface area contributed by atoms with E-state index in [1.54, 1.807) is 31.2 Å². The van der Waals surface area contributed by atoms with Gasteiger partial charge in [0.15, 0.2) is 0 Å². The summed E-state index contributed by atoms with van der Waals surface area (Å²) in [4.78, 5) is 24.0. The number of carbonyl (C=O) groups is 2. The summed E-state index contributed by atoms with van der Waals surface area (Å²) >= 11 is 6.81. The van der Waals surface area contributed by atoms with Crippen LogP contribution >= 0.6 is 23.4 Å². The zero-order valence-electron chi connectivity index (χ0n) is 14.4. The fourth-order valence-electron chi connectivity index (χ4n) is 2.17. The SMILES string of the molecule is CC(=O)Nc1ccc(S[C@@H](C)C(=O)Nc2ccc(Cl)cc2C(F)(F)F)cc1. The lowest BCUT2D eigenvalue weighted by Crippen LogP contribution is -2.24. The van der Waals surface area contributed by atoms with E-state index in [1.807, 2.05) is 0 Å². The number of hydrogen-bond donors (Lipinski definition) is 2. The quantitative estimate of drug-likeness (QED) is 0.638. The van der Waals surface area contributed by atoms with Crippen molar-refractivity contribution in [1.29, 1.82) is 0 Å². The predicted molar refractivity (Wildman–Crippen MR) is 101 cm³/mol. The molecule has 0 spiro atoms. The molecule has 0 fully saturated rings. The van der Waals surface area contributed by atoms with Crippen LogP contribution in [0.4, 0.5) is 24.5 Å². The van der Waals surface area contributed by atoms with Crippen LogP contribution in [-0.2, 0) is 15.8 Å². The number of halogens is 4. The largest absolute Gasteiger partial charge is 0.418 e. The van der Waals surface area contributed by atoms with Crippen LogP contribution in [0.2, 0.25) is 5.02 Å². The molecule has 2 N–H and O–H groups in total. The van der Waals surface area contributed by atoms with Gasteiger partial charge in [0.2, 0.25) is 11.8 Å². The molecular weight excluding hydrogens is 401 g/mol. The van der Waals surface area contributed by atoms with Gasteiger partial charge in [-0.05, 0) is 49.4 Å². The van der Waals surface area contributed by atoms with Crippen LogP contribution < -0.4 is 10.6 Å². The zero-order valence-corrected chi connectivity index (χ0v) is 15.9. The molecule has 4 nitrogen and oxygen atoms in total. The summed E-state index contributed by atoms with van der Waals surface area (Å²) in [7, 11) is 0. The third-order valence-electron chi connectivity index (χ3n) is 3.40. The molecule has 144 valence electrons. The van der Waals surface area contributed by atoms with Crippen molar-refractivity contribution >= 4 is 46.6 Å². The normalized spacial score (nSPS) is 12.4. The second-order valence-corrected chi connectivity index (χ2v) is 7.49. The molecule has 2 amide bonds. The molecule has 2 aromatic carbocycles. The Morgan fingerprint density at radius 3 is 2.26 bits per heavy atom. The molecule has 9 heteroatoms. The van der Waals surface area contributed by atoms with Crippen LogP contribution in [0.15, 0.2) is 47.4 Å². The first-order valence-corrected chi connectivity index (χ1v) is 9.04. The summed E-state index contributed by atoms with van der Waals surface area (Å²) in [6.45, 7) is 2.98. The van der Waals surface area contributed by atoms with E-state index < -0.39 is 22.9 Å². The number of amides is 2. The summed E-state index contributed by atoms with van der Waals surface area (Å²) in [6.07, 6.45) is -4.64. The Hall–Kier alpha value is -2.19. The highest BCUT2D eigenvalue weighted by Gasteiger charge is 2.34. The van der Waals surface area contributed by atoms with Crippen LogP contribution in [0.1, 0.15) is 19.4 Å². The molecular formula is C18H16ClF3N2O2S. The minimum absolute atomic E-state index is 0.0676. The smallest absolute Gasteiger partial charge is 0.326 e. The molecule has 0 radical (unpaired) electrons. The average Bonchev–Trinajstić information content (AvgIpc) is 2.56. The van der Waals surface area contributed by atoms with Crippen molar-refractivity contribution in [2.24, 2.45) is 0 Å². The second kappa shape index (κ2) is 8.67. The first-order chi connectivity index (χ1) is 12.6. The lowest BCUT2D eigenvalue weighted by atomic mass is 10.1. The van der Waals surface area contributed by atoms with Gasteiger partial charge in [0, 0.05) is 22.5 Å². The van der Waals surface area contributed by atoms with Gasteiger partial charge in [0.25, 0.3) is 0 Å². The van der Waals surface area contributed by atoms with Gasteiger partial charge in [-0.15, -0.1) is 11.8 Å². The highest BCUT2D eigenvalue weighted by atomic mass is 35.5. The van der Waals surface area contributed by atoms with Crippen LogP contribution in [0, 0.1) is 0 Å². The number of rotatable bonds is 5. The van der Waals surface area contributed by atoms with Gasteiger partial charge >= 0.3 is 6.18 Å². The third kappa shape index (κ3) is 6.18. The van der Waals surface area contributed by atoms with E-state index in [0.717, 1.165) is 17.0 Å². The Morgan fingerprint density at radius 2 is 1.70 bits per heavy atom. The summed E-state index contributed by atoms with van der Waals surface area (Å²) in [6, 6.07) is 9.96. The average molecular weight is 417 g/mol. The Morgan fingerprint density at radius 1 is 1.07 bits per heavy atom. The van der Waals surface area contributed by atoms with Crippen molar-refractivity contribution in [3.05, 3.63) is 53.1 Å². The summed E-state index contributed by atoms with van der Waals surface area (Å²) < 4.78 is 39.3. The lowest BCUT2D eigenvalue weighted by Gasteiger charge is -2.16. The van der Waals surface area contributed by atoms with E-state index in [2.05, 4.69) is 10.6 Å².